The van der Waals surface area contributed by atoms with Crippen molar-refractivity contribution in [3.63, 3.8) is 0 Å². The van der Waals surface area contributed by atoms with Crippen LogP contribution in [0.3, 0.4) is 0 Å². The monoisotopic (exact) mass is 578 g/mol. The highest BCUT2D eigenvalue weighted by atomic mass is 16.6. The number of nitrogens with zero attached hydrogens (tertiary/aromatic N) is 1. The summed E-state index contributed by atoms with van der Waals surface area (Å²) >= 11 is 0. The Morgan fingerprint density at radius 2 is 1.69 bits per heavy atom. The van der Waals surface area contributed by atoms with Gasteiger partial charge in [-0.15, -0.1) is 0 Å². The number of hydrogen-bond acceptors (Lipinski definition) is 9. The molecule has 1 saturated carbocycles. The number of hydrogen-bond donors (Lipinski definition) is 1. The molecule has 224 valence electrons. The van der Waals surface area contributed by atoms with Gasteiger partial charge in [0.15, 0.2) is 11.5 Å². The number of aromatic amines is 1. The van der Waals surface area contributed by atoms with E-state index in [1.807, 2.05) is 0 Å². The molecule has 10 heteroatoms. The number of carbonyl (C=O) groups is 2. The molecule has 3 aliphatic rings. The number of methoxy groups -OCH3 is 5. The van der Waals surface area contributed by atoms with Crippen LogP contribution in [0.25, 0.3) is 10.9 Å². The molecule has 2 aromatic carbocycles. The highest BCUT2D eigenvalue weighted by Gasteiger charge is 2.54. The molecule has 2 aliphatic heterocycles. The zero-order valence-corrected chi connectivity index (χ0v) is 24.7. The molecule has 3 heterocycles. The topological polar surface area (TPSA) is 109 Å². The number of carbonyl (C=O) groups excluding carboxylic acids is 2. The van der Waals surface area contributed by atoms with Crippen LogP contribution in [0.15, 0.2) is 36.4 Å². The van der Waals surface area contributed by atoms with Gasteiger partial charge in [-0.1, -0.05) is 18.2 Å². The molecule has 0 unspecified atom stereocenters. The van der Waals surface area contributed by atoms with Crippen LogP contribution in [0, 0.1) is 17.8 Å². The van der Waals surface area contributed by atoms with Gasteiger partial charge >= 0.3 is 11.9 Å². The lowest BCUT2D eigenvalue weighted by Gasteiger charge is -2.52. The SMILES string of the molecule is COC(=O)[C@H]1[C@H]2C[C@@H]3c4[nH]c5ccccc5c4CCN3C[C@H]2C[C@@H](OC(=O)c2cc(OC)c(OC)c(OC)c2)[C@@H]1OC. The fraction of sp³-hybridized carbons (Fsp3) is 0.500. The van der Waals surface area contributed by atoms with Crippen molar-refractivity contribution >= 4 is 22.8 Å². The van der Waals surface area contributed by atoms with E-state index >= 15 is 0 Å². The number of para-hydroxylation sites is 1. The van der Waals surface area contributed by atoms with Gasteiger partial charge in [-0.2, -0.15) is 0 Å². The molecule has 1 aliphatic carbocycles. The van der Waals surface area contributed by atoms with Gasteiger partial charge in [0.25, 0.3) is 0 Å². The molecule has 0 spiro atoms. The Labute approximate surface area is 245 Å². The molecular weight excluding hydrogens is 540 g/mol. The summed E-state index contributed by atoms with van der Waals surface area (Å²) in [7, 11) is 7.45. The third kappa shape index (κ3) is 4.66. The molecule has 42 heavy (non-hydrogen) atoms. The molecule has 2 fully saturated rings. The standard InChI is InChI=1S/C32H38N2O8/c1-37-24-12-17(13-25(38-2)29(24)39-3)31(35)42-26-14-18-16-34-11-10-20-19-8-6-7-9-22(19)33-28(20)23(34)15-21(18)27(30(26)40-4)32(36)41-5/h6-9,12-13,18,21,23,26-27,30,33H,10-11,14-16H2,1-5H3/t18-,21+,23-,26-,27+,30+/m1/s1. The van der Waals surface area contributed by atoms with Crippen LogP contribution in [-0.2, 0) is 25.4 Å². The third-order valence-electron chi connectivity index (χ3n) is 9.46. The summed E-state index contributed by atoms with van der Waals surface area (Å²) < 4.78 is 33.6. The summed E-state index contributed by atoms with van der Waals surface area (Å²) in [6.45, 7) is 1.74. The number of piperidine rings is 1. The summed E-state index contributed by atoms with van der Waals surface area (Å²) in [4.78, 5) is 33.1. The minimum absolute atomic E-state index is 0.0112. The molecule has 0 radical (unpaired) electrons. The molecule has 0 amide bonds. The molecule has 1 saturated heterocycles. The third-order valence-corrected chi connectivity index (χ3v) is 9.46. The Hall–Kier alpha value is -3.76. The van der Waals surface area contributed by atoms with E-state index in [0.29, 0.717) is 23.7 Å². The van der Waals surface area contributed by atoms with Gasteiger partial charge < -0.3 is 33.4 Å². The van der Waals surface area contributed by atoms with Crippen molar-refractivity contribution in [2.75, 3.05) is 48.6 Å². The number of H-pyrrole nitrogens is 1. The van der Waals surface area contributed by atoms with Crippen LogP contribution in [0.1, 0.15) is 40.5 Å². The lowest BCUT2D eigenvalue weighted by molar-refractivity contribution is -0.176. The van der Waals surface area contributed by atoms with Crippen molar-refractivity contribution in [2.45, 2.75) is 37.5 Å². The number of nitrogens with one attached hydrogen (secondary N) is 1. The molecule has 1 aromatic heterocycles. The van der Waals surface area contributed by atoms with Crippen LogP contribution < -0.4 is 14.2 Å². The molecule has 10 nitrogen and oxygen atoms in total. The highest BCUT2D eigenvalue weighted by Crippen LogP contribution is 2.50. The highest BCUT2D eigenvalue weighted by molar-refractivity contribution is 5.91. The number of ether oxygens (including phenoxy) is 6. The lowest BCUT2D eigenvalue weighted by Crippen LogP contribution is -2.58. The summed E-state index contributed by atoms with van der Waals surface area (Å²) in [6.07, 6.45) is 1.04. The predicted octanol–water partition coefficient (Wildman–Crippen LogP) is 4.16. The van der Waals surface area contributed by atoms with E-state index in [2.05, 4.69) is 34.1 Å². The summed E-state index contributed by atoms with van der Waals surface area (Å²) in [6, 6.07) is 11.7. The van der Waals surface area contributed by atoms with Crippen molar-refractivity contribution in [3.8, 4) is 17.2 Å². The van der Waals surface area contributed by atoms with Gasteiger partial charge in [-0.05, 0) is 54.9 Å². The van der Waals surface area contributed by atoms with Crippen molar-refractivity contribution in [3.05, 3.63) is 53.2 Å². The number of esters is 2. The maximum atomic E-state index is 13.5. The van der Waals surface area contributed by atoms with Crippen molar-refractivity contribution < 1.29 is 38.0 Å². The van der Waals surface area contributed by atoms with Crippen LogP contribution >= 0.6 is 0 Å². The fourth-order valence-corrected chi connectivity index (χ4v) is 7.60. The number of benzene rings is 2. The second kappa shape index (κ2) is 11.5. The zero-order valence-electron chi connectivity index (χ0n) is 24.7. The fourth-order valence-electron chi connectivity index (χ4n) is 7.60. The minimum atomic E-state index is -0.651. The summed E-state index contributed by atoms with van der Waals surface area (Å²) in [5, 5.41) is 1.27. The van der Waals surface area contributed by atoms with Gasteiger partial charge in [0, 0.05) is 36.8 Å². The van der Waals surface area contributed by atoms with E-state index in [9.17, 15) is 9.59 Å². The van der Waals surface area contributed by atoms with Crippen molar-refractivity contribution in [2.24, 2.45) is 17.8 Å². The second-order valence-electron chi connectivity index (χ2n) is 11.3. The summed E-state index contributed by atoms with van der Waals surface area (Å²) in [5.41, 5.74) is 4.01. The average Bonchev–Trinajstić information content (AvgIpc) is 3.41. The first kappa shape index (κ1) is 28.4. The molecular formula is C32H38N2O8. The molecule has 0 bridgehead atoms. The van der Waals surface area contributed by atoms with E-state index < -0.39 is 24.1 Å². The van der Waals surface area contributed by atoms with Crippen LogP contribution in [-0.4, -0.2) is 82.7 Å². The van der Waals surface area contributed by atoms with E-state index in [-0.39, 0.29) is 29.4 Å². The van der Waals surface area contributed by atoms with Gasteiger partial charge in [0.2, 0.25) is 5.75 Å². The molecule has 1 N–H and O–H groups in total. The quantitative estimate of drug-likeness (QED) is 0.414. The molecule has 6 atom stereocenters. The first-order chi connectivity index (χ1) is 20.4. The Morgan fingerprint density at radius 3 is 2.36 bits per heavy atom. The second-order valence-corrected chi connectivity index (χ2v) is 11.3. The van der Waals surface area contributed by atoms with Crippen molar-refractivity contribution in [1.82, 2.24) is 9.88 Å². The Kier molecular flexibility index (Phi) is 7.76. The summed E-state index contributed by atoms with van der Waals surface area (Å²) in [5.74, 6) is -0.254. The Morgan fingerprint density at radius 1 is 0.952 bits per heavy atom. The van der Waals surface area contributed by atoms with Gasteiger partial charge in [-0.25, -0.2) is 4.79 Å². The first-order valence-electron chi connectivity index (χ1n) is 14.4. The number of aromatic nitrogens is 1. The predicted molar refractivity (Wildman–Crippen MR) is 154 cm³/mol. The van der Waals surface area contributed by atoms with E-state index in [0.717, 1.165) is 31.4 Å². The minimum Gasteiger partial charge on any atom is -0.493 e. The van der Waals surface area contributed by atoms with Crippen molar-refractivity contribution in [1.29, 1.82) is 0 Å². The van der Waals surface area contributed by atoms with E-state index in [4.69, 9.17) is 28.4 Å². The first-order valence-corrected chi connectivity index (χ1v) is 14.4. The smallest absolute Gasteiger partial charge is 0.338 e. The van der Waals surface area contributed by atoms with Crippen LogP contribution in [0.2, 0.25) is 0 Å². The van der Waals surface area contributed by atoms with Crippen LogP contribution in [0.4, 0.5) is 0 Å². The maximum absolute atomic E-state index is 13.5. The van der Waals surface area contributed by atoms with E-state index in [1.54, 1.807) is 19.2 Å². The van der Waals surface area contributed by atoms with E-state index in [1.165, 1.54) is 45.1 Å². The largest absolute Gasteiger partial charge is 0.493 e. The Bertz CT molecular complexity index is 1460. The average molecular weight is 579 g/mol. The van der Waals surface area contributed by atoms with Gasteiger partial charge in [0.1, 0.15) is 12.2 Å². The Balaban J connectivity index is 1.29. The maximum Gasteiger partial charge on any atom is 0.338 e. The van der Waals surface area contributed by atoms with Gasteiger partial charge in [0.05, 0.1) is 46.0 Å². The number of rotatable bonds is 7. The van der Waals surface area contributed by atoms with Gasteiger partial charge in [-0.3, -0.25) is 9.69 Å². The zero-order chi connectivity index (χ0) is 29.5. The normalized spacial score (nSPS) is 26.9. The molecule has 3 aromatic rings. The molecule has 6 rings (SSSR count). The van der Waals surface area contributed by atoms with Crippen LogP contribution in [0.5, 0.6) is 17.2 Å². The lowest BCUT2D eigenvalue weighted by atomic mass is 9.63. The number of fused-ring (bicyclic) bond motifs is 6.